The molecule has 1 aliphatic carbocycles. The van der Waals surface area contributed by atoms with Crippen LogP contribution in [0.4, 0.5) is 4.79 Å². The first-order valence-corrected chi connectivity index (χ1v) is 7.11. The SMILES string of the molecule is O=C(NCC1(C(=O)O)CCCC1)N1CCCNCC1. The number of aliphatic carboxylic acids is 1. The normalized spacial score (nSPS) is 22.8. The van der Waals surface area contributed by atoms with Crippen molar-refractivity contribution in [2.24, 2.45) is 5.41 Å². The summed E-state index contributed by atoms with van der Waals surface area (Å²) in [6.45, 7) is 3.41. The average Bonchev–Trinajstić information content (AvgIpc) is 2.72. The second-order valence-electron chi connectivity index (χ2n) is 5.54. The molecular formula is C13H23N3O3. The monoisotopic (exact) mass is 269 g/mol. The van der Waals surface area contributed by atoms with Crippen LogP contribution in [0.1, 0.15) is 32.1 Å². The summed E-state index contributed by atoms with van der Waals surface area (Å²) in [5.41, 5.74) is -0.736. The molecule has 2 aliphatic rings. The Morgan fingerprint density at radius 2 is 1.89 bits per heavy atom. The number of urea groups is 1. The van der Waals surface area contributed by atoms with Crippen molar-refractivity contribution in [2.75, 3.05) is 32.7 Å². The van der Waals surface area contributed by atoms with Gasteiger partial charge >= 0.3 is 12.0 Å². The zero-order chi connectivity index (χ0) is 13.7. The first kappa shape index (κ1) is 14.1. The van der Waals surface area contributed by atoms with Crippen molar-refractivity contribution in [3.63, 3.8) is 0 Å². The molecule has 6 nitrogen and oxygen atoms in total. The van der Waals surface area contributed by atoms with Crippen LogP contribution in [0, 0.1) is 5.41 Å². The summed E-state index contributed by atoms with van der Waals surface area (Å²) in [6.07, 6.45) is 4.16. The summed E-state index contributed by atoms with van der Waals surface area (Å²) >= 11 is 0. The van der Waals surface area contributed by atoms with Crippen molar-refractivity contribution in [3.05, 3.63) is 0 Å². The second-order valence-corrected chi connectivity index (χ2v) is 5.54. The van der Waals surface area contributed by atoms with Crippen LogP contribution >= 0.6 is 0 Å². The maximum Gasteiger partial charge on any atom is 0.317 e. The molecule has 19 heavy (non-hydrogen) atoms. The van der Waals surface area contributed by atoms with Gasteiger partial charge in [0.25, 0.3) is 0 Å². The van der Waals surface area contributed by atoms with E-state index in [1.165, 1.54) is 0 Å². The third-order valence-corrected chi connectivity index (χ3v) is 4.22. The molecule has 0 aromatic rings. The zero-order valence-corrected chi connectivity index (χ0v) is 11.3. The van der Waals surface area contributed by atoms with Crippen molar-refractivity contribution in [1.29, 1.82) is 0 Å². The van der Waals surface area contributed by atoms with Gasteiger partial charge < -0.3 is 20.6 Å². The maximum atomic E-state index is 12.1. The highest BCUT2D eigenvalue weighted by Crippen LogP contribution is 2.37. The smallest absolute Gasteiger partial charge is 0.317 e. The molecule has 1 heterocycles. The van der Waals surface area contributed by atoms with Gasteiger partial charge in [-0.2, -0.15) is 0 Å². The summed E-state index contributed by atoms with van der Waals surface area (Å²) in [5, 5.41) is 15.4. The molecule has 2 fully saturated rings. The van der Waals surface area contributed by atoms with Gasteiger partial charge in [-0.3, -0.25) is 4.79 Å². The van der Waals surface area contributed by atoms with Crippen molar-refractivity contribution < 1.29 is 14.7 Å². The van der Waals surface area contributed by atoms with Gasteiger partial charge in [-0.1, -0.05) is 12.8 Å². The predicted molar refractivity (Wildman–Crippen MR) is 71.0 cm³/mol. The summed E-state index contributed by atoms with van der Waals surface area (Å²) in [5.74, 6) is -0.775. The highest BCUT2D eigenvalue weighted by Gasteiger charge is 2.41. The van der Waals surface area contributed by atoms with E-state index in [0.717, 1.165) is 38.9 Å². The molecule has 0 atom stereocenters. The third kappa shape index (κ3) is 3.37. The largest absolute Gasteiger partial charge is 0.481 e. The first-order chi connectivity index (χ1) is 9.14. The van der Waals surface area contributed by atoms with Crippen LogP contribution in [-0.4, -0.2) is 54.7 Å². The molecule has 0 spiro atoms. The molecule has 0 bridgehead atoms. The number of nitrogens with zero attached hydrogens (tertiary/aromatic N) is 1. The molecule has 0 aromatic heterocycles. The average molecular weight is 269 g/mol. The number of hydrogen-bond acceptors (Lipinski definition) is 3. The fourth-order valence-corrected chi connectivity index (χ4v) is 2.92. The number of carboxylic acid groups (broad SMARTS) is 1. The van der Waals surface area contributed by atoms with E-state index in [2.05, 4.69) is 10.6 Å². The van der Waals surface area contributed by atoms with Gasteiger partial charge in [0, 0.05) is 26.2 Å². The fraction of sp³-hybridized carbons (Fsp3) is 0.846. The second kappa shape index (κ2) is 6.23. The molecule has 0 radical (unpaired) electrons. The Morgan fingerprint density at radius 1 is 1.16 bits per heavy atom. The molecule has 1 saturated heterocycles. The van der Waals surface area contributed by atoms with Gasteiger partial charge in [-0.15, -0.1) is 0 Å². The van der Waals surface area contributed by atoms with Gasteiger partial charge in [0.2, 0.25) is 0 Å². The Morgan fingerprint density at radius 3 is 2.58 bits per heavy atom. The standard InChI is InChI=1S/C13H23N3O3/c17-11(18)13(4-1-2-5-13)10-15-12(19)16-8-3-6-14-7-9-16/h14H,1-10H2,(H,15,19)(H,17,18). The lowest BCUT2D eigenvalue weighted by Gasteiger charge is -2.27. The third-order valence-electron chi connectivity index (χ3n) is 4.22. The van der Waals surface area contributed by atoms with E-state index in [4.69, 9.17) is 0 Å². The van der Waals surface area contributed by atoms with Crippen LogP contribution in [0.2, 0.25) is 0 Å². The van der Waals surface area contributed by atoms with Crippen molar-refractivity contribution in [1.82, 2.24) is 15.5 Å². The lowest BCUT2D eigenvalue weighted by Crippen LogP contribution is -2.47. The van der Waals surface area contributed by atoms with Crippen LogP contribution in [0.15, 0.2) is 0 Å². The van der Waals surface area contributed by atoms with Gasteiger partial charge in [-0.25, -0.2) is 4.79 Å². The van der Waals surface area contributed by atoms with E-state index >= 15 is 0 Å². The van der Waals surface area contributed by atoms with Gasteiger partial charge in [0.05, 0.1) is 5.41 Å². The Balaban J connectivity index is 1.86. The Labute approximate surface area is 113 Å². The highest BCUT2D eigenvalue weighted by atomic mass is 16.4. The molecular weight excluding hydrogens is 246 g/mol. The molecule has 108 valence electrons. The zero-order valence-electron chi connectivity index (χ0n) is 11.3. The fourth-order valence-electron chi connectivity index (χ4n) is 2.92. The van der Waals surface area contributed by atoms with Crippen molar-refractivity contribution >= 4 is 12.0 Å². The summed E-state index contributed by atoms with van der Waals surface area (Å²) in [6, 6.07) is -0.128. The van der Waals surface area contributed by atoms with Crippen LogP contribution < -0.4 is 10.6 Å². The van der Waals surface area contributed by atoms with Gasteiger partial charge in [0.15, 0.2) is 0 Å². The molecule has 2 amide bonds. The molecule has 6 heteroatoms. The molecule has 0 aromatic carbocycles. The van der Waals surface area contributed by atoms with E-state index in [-0.39, 0.29) is 12.6 Å². The van der Waals surface area contributed by atoms with E-state index in [1.807, 2.05) is 0 Å². The molecule has 0 unspecified atom stereocenters. The number of rotatable bonds is 3. The Hall–Kier alpha value is -1.30. The van der Waals surface area contributed by atoms with Crippen LogP contribution in [0.25, 0.3) is 0 Å². The lowest BCUT2D eigenvalue weighted by molar-refractivity contribution is -0.148. The minimum absolute atomic E-state index is 0.128. The van der Waals surface area contributed by atoms with E-state index in [9.17, 15) is 14.7 Å². The van der Waals surface area contributed by atoms with Gasteiger partial charge in [-0.05, 0) is 25.8 Å². The lowest BCUT2D eigenvalue weighted by atomic mass is 9.86. The maximum absolute atomic E-state index is 12.1. The van der Waals surface area contributed by atoms with Crippen LogP contribution in [-0.2, 0) is 4.79 Å². The Kier molecular flexibility index (Phi) is 4.63. The summed E-state index contributed by atoms with van der Waals surface area (Å²) in [4.78, 5) is 25.2. The number of hydrogen-bond donors (Lipinski definition) is 3. The molecule has 2 rings (SSSR count). The van der Waals surface area contributed by atoms with Crippen molar-refractivity contribution in [3.8, 4) is 0 Å². The molecule has 1 aliphatic heterocycles. The number of amides is 2. The number of carboxylic acids is 1. The van der Waals surface area contributed by atoms with E-state index < -0.39 is 11.4 Å². The number of carbonyl (C=O) groups excluding carboxylic acids is 1. The number of nitrogens with one attached hydrogen (secondary N) is 2. The minimum atomic E-state index is -0.775. The van der Waals surface area contributed by atoms with Gasteiger partial charge in [0.1, 0.15) is 0 Å². The summed E-state index contributed by atoms with van der Waals surface area (Å²) < 4.78 is 0. The van der Waals surface area contributed by atoms with E-state index in [0.29, 0.717) is 19.4 Å². The molecule has 3 N–H and O–H groups in total. The first-order valence-electron chi connectivity index (χ1n) is 7.11. The topological polar surface area (TPSA) is 81.7 Å². The quantitative estimate of drug-likeness (QED) is 0.702. The molecule has 1 saturated carbocycles. The van der Waals surface area contributed by atoms with E-state index in [1.54, 1.807) is 4.90 Å². The van der Waals surface area contributed by atoms with Crippen LogP contribution in [0.5, 0.6) is 0 Å². The predicted octanol–water partition coefficient (Wildman–Crippen LogP) is 0.636. The number of carbonyl (C=O) groups is 2. The van der Waals surface area contributed by atoms with Crippen molar-refractivity contribution in [2.45, 2.75) is 32.1 Å². The minimum Gasteiger partial charge on any atom is -0.481 e. The Bertz CT molecular complexity index is 332. The van der Waals surface area contributed by atoms with Crippen LogP contribution in [0.3, 0.4) is 0 Å². The summed E-state index contributed by atoms with van der Waals surface area (Å²) in [7, 11) is 0. The highest BCUT2D eigenvalue weighted by molar-refractivity contribution is 5.78.